The van der Waals surface area contributed by atoms with E-state index in [1.54, 1.807) is 72.8 Å². The van der Waals surface area contributed by atoms with E-state index in [1.807, 2.05) is 24.3 Å². The number of carbonyl (C=O) groups excluding carboxylic acids is 3. The fraction of sp³-hybridized carbons (Fsp3) is 0.0333. The third kappa shape index (κ3) is 8.39. The van der Waals surface area contributed by atoms with Gasteiger partial charge in [0.25, 0.3) is 11.8 Å². The number of carbonyl (C=O) groups is 3. The molecule has 39 heavy (non-hydrogen) atoms. The summed E-state index contributed by atoms with van der Waals surface area (Å²) in [5, 5.41) is 8.06. The fourth-order valence-electron chi connectivity index (χ4n) is 3.43. The summed E-state index contributed by atoms with van der Waals surface area (Å²) in [6, 6.07) is 28.8. The van der Waals surface area contributed by atoms with Gasteiger partial charge in [0, 0.05) is 20.6 Å². The number of halogens is 2. The third-order valence-electron chi connectivity index (χ3n) is 5.32. The maximum Gasteiger partial charge on any atom is 0.272 e. The maximum absolute atomic E-state index is 13.8. The lowest BCUT2D eigenvalue weighted by atomic mass is 10.1. The maximum atomic E-state index is 13.8. The zero-order chi connectivity index (χ0) is 27.6. The molecule has 4 aromatic rings. The van der Waals surface area contributed by atoms with Crippen LogP contribution in [0.1, 0.15) is 15.9 Å². The van der Waals surface area contributed by atoms with Gasteiger partial charge in [-0.1, -0.05) is 64.5 Å². The first-order valence-electron chi connectivity index (χ1n) is 11.8. The van der Waals surface area contributed by atoms with Crippen LogP contribution < -0.4 is 16.0 Å². The van der Waals surface area contributed by atoms with Crippen molar-refractivity contribution in [3.8, 4) is 0 Å². The average molecular weight is 605 g/mol. The molecule has 0 aliphatic heterocycles. The van der Waals surface area contributed by atoms with Crippen molar-refractivity contribution >= 4 is 62.9 Å². The highest BCUT2D eigenvalue weighted by atomic mass is 79.9. The van der Waals surface area contributed by atoms with Crippen LogP contribution in [0, 0.1) is 5.82 Å². The van der Waals surface area contributed by atoms with Crippen LogP contribution in [0.5, 0.6) is 0 Å². The predicted octanol–water partition coefficient (Wildman–Crippen LogP) is 6.73. The van der Waals surface area contributed by atoms with E-state index in [0.717, 1.165) is 14.9 Å². The van der Waals surface area contributed by atoms with Crippen LogP contribution in [0.4, 0.5) is 15.8 Å². The molecule has 0 aliphatic rings. The molecular formula is C30H23BrFN3O3S. The van der Waals surface area contributed by atoms with Crippen molar-refractivity contribution in [2.75, 3.05) is 16.4 Å². The molecule has 4 rings (SSSR count). The summed E-state index contributed by atoms with van der Waals surface area (Å²) in [6.07, 6.45) is 1.59. The molecule has 4 aromatic carbocycles. The van der Waals surface area contributed by atoms with Gasteiger partial charge in [0.05, 0.1) is 11.4 Å². The number of nitrogens with one attached hydrogen (secondary N) is 3. The lowest BCUT2D eigenvalue weighted by Crippen LogP contribution is -2.30. The Morgan fingerprint density at radius 3 is 2.28 bits per heavy atom. The lowest BCUT2D eigenvalue weighted by Gasteiger charge is -2.12. The Bertz CT molecular complexity index is 1510. The standard InChI is InChI=1S/C30H23BrFN3O3S/c31-22-15-13-20(14-16-22)17-27(35-29(37)21-7-2-1-3-8-21)30(38)33-23-9-6-10-24(18-23)39-19-28(36)34-26-12-5-4-11-25(26)32/h1-18H,19H2,(H,33,38)(H,34,36)(H,35,37)/b27-17-. The number of anilines is 2. The monoisotopic (exact) mass is 603 g/mol. The number of amides is 3. The first kappa shape index (κ1) is 27.8. The molecule has 0 aromatic heterocycles. The Kier molecular flexibility index (Phi) is 9.66. The summed E-state index contributed by atoms with van der Waals surface area (Å²) < 4.78 is 14.7. The summed E-state index contributed by atoms with van der Waals surface area (Å²) in [6.45, 7) is 0. The minimum absolute atomic E-state index is 0.0492. The zero-order valence-electron chi connectivity index (χ0n) is 20.5. The third-order valence-corrected chi connectivity index (χ3v) is 6.84. The summed E-state index contributed by atoms with van der Waals surface area (Å²) in [5.74, 6) is -1.75. The molecule has 0 aliphatic carbocycles. The molecule has 9 heteroatoms. The SMILES string of the molecule is O=C(CSc1cccc(NC(=O)/C(=C/c2ccc(Br)cc2)NC(=O)c2ccccc2)c1)Nc1ccccc1F. The molecule has 0 saturated carbocycles. The number of hydrogen-bond donors (Lipinski definition) is 3. The first-order valence-corrected chi connectivity index (χ1v) is 13.6. The van der Waals surface area contributed by atoms with Crippen LogP contribution in [-0.4, -0.2) is 23.5 Å². The minimum atomic E-state index is -0.512. The molecular weight excluding hydrogens is 581 g/mol. The van der Waals surface area contributed by atoms with Gasteiger partial charge in [0.2, 0.25) is 5.91 Å². The topological polar surface area (TPSA) is 87.3 Å². The molecule has 0 atom stereocenters. The second-order valence-corrected chi connectivity index (χ2v) is 10.2. The molecule has 0 unspecified atom stereocenters. The van der Waals surface area contributed by atoms with E-state index >= 15 is 0 Å². The van der Waals surface area contributed by atoms with Crippen molar-refractivity contribution in [3.05, 3.63) is 130 Å². The Morgan fingerprint density at radius 2 is 1.54 bits per heavy atom. The predicted molar refractivity (Wildman–Crippen MR) is 157 cm³/mol. The fourth-order valence-corrected chi connectivity index (χ4v) is 4.45. The van der Waals surface area contributed by atoms with Crippen molar-refractivity contribution in [2.45, 2.75) is 4.90 Å². The Labute approximate surface area is 237 Å². The molecule has 0 bridgehead atoms. The summed E-state index contributed by atoms with van der Waals surface area (Å²) in [7, 11) is 0. The normalized spacial score (nSPS) is 11.0. The number of benzene rings is 4. The molecule has 0 saturated heterocycles. The Balaban J connectivity index is 1.45. The largest absolute Gasteiger partial charge is 0.323 e. The minimum Gasteiger partial charge on any atom is -0.323 e. The van der Waals surface area contributed by atoms with Crippen molar-refractivity contribution in [2.24, 2.45) is 0 Å². The first-order chi connectivity index (χ1) is 18.9. The van der Waals surface area contributed by atoms with Crippen LogP contribution in [0.25, 0.3) is 6.08 Å². The van der Waals surface area contributed by atoms with Gasteiger partial charge in [0.15, 0.2) is 0 Å². The van der Waals surface area contributed by atoms with E-state index in [4.69, 9.17) is 0 Å². The Morgan fingerprint density at radius 1 is 0.821 bits per heavy atom. The second kappa shape index (κ2) is 13.5. The zero-order valence-corrected chi connectivity index (χ0v) is 22.9. The highest BCUT2D eigenvalue weighted by Crippen LogP contribution is 2.23. The van der Waals surface area contributed by atoms with Crippen molar-refractivity contribution in [1.82, 2.24) is 5.32 Å². The summed E-state index contributed by atoms with van der Waals surface area (Å²) in [5.41, 5.74) is 1.80. The number of rotatable bonds is 9. The molecule has 6 nitrogen and oxygen atoms in total. The highest BCUT2D eigenvalue weighted by Gasteiger charge is 2.15. The molecule has 3 N–H and O–H groups in total. The van der Waals surface area contributed by atoms with Crippen molar-refractivity contribution in [3.63, 3.8) is 0 Å². The Hall–Kier alpha value is -4.21. The lowest BCUT2D eigenvalue weighted by molar-refractivity contribution is -0.114. The van der Waals surface area contributed by atoms with Crippen molar-refractivity contribution in [1.29, 1.82) is 0 Å². The van der Waals surface area contributed by atoms with Crippen LogP contribution in [0.3, 0.4) is 0 Å². The molecule has 0 fully saturated rings. The van der Waals surface area contributed by atoms with Gasteiger partial charge in [-0.05, 0) is 66.2 Å². The number of para-hydroxylation sites is 1. The van der Waals surface area contributed by atoms with Gasteiger partial charge in [-0.2, -0.15) is 0 Å². The molecule has 0 radical (unpaired) electrons. The quantitative estimate of drug-likeness (QED) is 0.146. The molecule has 3 amide bonds. The molecule has 0 heterocycles. The van der Waals surface area contributed by atoms with Crippen molar-refractivity contribution < 1.29 is 18.8 Å². The van der Waals surface area contributed by atoms with E-state index in [2.05, 4.69) is 31.9 Å². The van der Waals surface area contributed by atoms with Gasteiger partial charge in [-0.15, -0.1) is 11.8 Å². The average Bonchev–Trinajstić information content (AvgIpc) is 2.94. The molecule has 196 valence electrons. The van der Waals surface area contributed by atoms with Crippen LogP contribution >= 0.6 is 27.7 Å². The highest BCUT2D eigenvalue weighted by molar-refractivity contribution is 9.10. The van der Waals surface area contributed by atoms with Gasteiger partial charge in [-0.3, -0.25) is 14.4 Å². The van der Waals surface area contributed by atoms with Gasteiger partial charge < -0.3 is 16.0 Å². The smallest absolute Gasteiger partial charge is 0.272 e. The van der Waals surface area contributed by atoms with E-state index in [1.165, 1.54) is 23.9 Å². The van der Waals surface area contributed by atoms with Gasteiger partial charge in [0.1, 0.15) is 11.5 Å². The summed E-state index contributed by atoms with van der Waals surface area (Å²) in [4.78, 5) is 39.1. The number of hydrogen-bond acceptors (Lipinski definition) is 4. The van der Waals surface area contributed by atoms with Gasteiger partial charge in [-0.25, -0.2) is 4.39 Å². The van der Waals surface area contributed by atoms with E-state index < -0.39 is 17.6 Å². The van der Waals surface area contributed by atoms with Gasteiger partial charge >= 0.3 is 0 Å². The summed E-state index contributed by atoms with van der Waals surface area (Å²) >= 11 is 4.63. The second-order valence-electron chi connectivity index (χ2n) is 8.23. The van der Waals surface area contributed by atoms with E-state index in [-0.39, 0.29) is 23.0 Å². The van der Waals surface area contributed by atoms with E-state index in [9.17, 15) is 18.8 Å². The van der Waals surface area contributed by atoms with E-state index in [0.29, 0.717) is 11.3 Å². The molecule has 0 spiro atoms. The van der Waals surface area contributed by atoms with Crippen LogP contribution in [0.15, 0.2) is 118 Å². The number of thioether (sulfide) groups is 1. The van der Waals surface area contributed by atoms with Crippen LogP contribution in [-0.2, 0) is 9.59 Å². The van der Waals surface area contributed by atoms with Crippen LogP contribution in [0.2, 0.25) is 0 Å².